The zero-order valence-corrected chi connectivity index (χ0v) is 8.32. The van der Waals surface area contributed by atoms with Gasteiger partial charge in [-0.05, 0) is 0 Å². The van der Waals surface area contributed by atoms with Crippen LogP contribution in [0.1, 0.15) is 0 Å². The van der Waals surface area contributed by atoms with Crippen LogP contribution in [0.25, 0.3) is 0 Å². The van der Waals surface area contributed by atoms with Crippen LogP contribution in [0, 0.1) is 0 Å². The van der Waals surface area contributed by atoms with E-state index >= 15 is 0 Å². The van der Waals surface area contributed by atoms with E-state index in [-0.39, 0.29) is 65.9 Å². The summed E-state index contributed by atoms with van der Waals surface area (Å²) in [6, 6.07) is 0. The molecule has 0 atom stereocenters. The maximum atomic E-state index is 7.00. The van der Waals surface area contributed by atoms with E-state index in [1.807, 2.05) is 0 Å². The van der Waals surface area contributed by atoms with Crippen molar-refractivity contribution in [2.45, 2.75) is 0 Å². The fourth-order valence-electron chi connectivity index (χ4n) is 0. The third kappa shape index (κ3) is 38.7. The van der Waals surface area contributed by atoms with E-state index in [9.17, 15) is 0 Å². The van der Waals surface area contributed by atoms with E-state index in [4.69, 9.17) is 21.0 Å². The first-order valence-electron chi connectivity index (χ1n) is 0.367. The molecule has 4 nitrogen and oxygen atoms in total. The molecule has 0 fully saturated rings. The van der Waals surface area contributed by atoms with Gasteiger partial charge in [-0.3, -0.25) is 10.5 Å². The van der Waals surface area contributed by atoms with E-state index in [0.717, 1.165) is 0 Å². The Morgan fingerprint density at radius 2 is 1.00 bits per heavy atom. The Kier molecular flexibility index (Phi) is 269. The predicted molar refractivity (Wildman–Crippen MR) is 11.0 cm³/mol. The molecule has 0 rings (SSSR count). The maximum Gasteiger partial charge on any atom is 2.00 e. The van der Waals surface area contributed by atoms with Gasteiger partial charge < -0.3 is 10.5 Å². The predicted octanol–water partition coefficient (Wildman–Crippen LogP) is -2.74. The molecule has 0 aromatic heterocycles. The van der Waals surface area contributed by atoms with Crippen LogP contribution in [0.3, 0.4) is 0 Å². The molecular weight excluding hydrogens is 257 g/mol. The largest absolute Gasteiger partial charge is 2.00 e. The first kappa shape index (κ1) is 24.7. The molecule has 0 bridgehead atoms. The molecule has 0 saturated carbocycles. The Bertz CT molecular complexity index is 7.51. The molecule has 6 heteroatoms. The first-order chi connectivity index (χ1) is 2.00. The maximum absolute atomic E-state index is 7.00. The molecule has 0 amide bonds. The van der Waals surface area contributed by atoms with Crippen molar-refractivity contribution >= 4 is 48.9 Å². The van der Waals surface area contributed by atoms with Gasteiger partial charge in [0.15, 0.2) is 0 Å². The molecule has 0 aliphatic heterocycles. The van der Waals surface area contributed by atoms with Gasteiger partial charge in [0.25, 0.3) is 0 Å². The summed E-state index contributed by atoms with van der Waals surface area (Å²) in [5, 5.41) is 26.0. The van der Waals surface area contributed by atoms with E-state index in [0.29, 0.717) is 0 Å². The van der Waals surface area contributed by atoms with Crippen molar-refractivity contribution in [3.05, 3.63) is 0 Å². The SMILES string of the molecule is OO.[Ba+2].[Fe].[O-][O-]. The van der Waals surface area contributed by atoms with Crippen LogP contribution in [0.15, 0.2) is 0 Å². The van der Waals surface area contributed by atoms with Gasteiger partial charge in [0.2, 0.25) is 0 Å². The molecule has 0 aromatic carbocycles. The third-order valence-electron chi connectivity index (χ3n) is 0. The van der Waals surface area contributed by atoms with Gasteiger partial charge in [0.05, 0.1) is 0 Å². The topological polar surface area (TPSA) is 86.6 Å². The molecule has 36 valence electrons. The summed E-state index contributed by atoms with van der Waals surface area (Å²) in [7, 11) is 0. The molecular formula is H2BaFeO4. The van der Waals surface area contributed by atoms with Gasteiger partial charge in [-0.15, -0.1) is 0 Å². The Labute approximate surface area is 85.6 Å². The Morgan fingerprint density at radius 1 is 1.00 bits per heavy atom. The minimum atomic E-state index is 0. The Balaban J connectivity index is -0.00000000500. The monoisotopic (exact) mass is 260 g/mol. The quantitative estimate of drug-likeness (QED) is 0.281. The third-order valence-corrected chi connectivity index (χ3v) is 0. The standard InChI is InChI=1S/Ba.Fe.H2O2.O2/c;;2*1-2/h;;1-2H;/q+2;;;-2. The molecule has 0 aromatic rings. The van der Waals surface area contributed by atoms with Gasteiger partial charge in [0.1, 0.15) is 0 Å². The van der Waals surface area contributed by atoms with Crippen molar-refractivity contribution in [3.8, 4) is 0 Å². The van der Waals surface area contributed by atoms with Crippen molar-refractivity contribution in [1.82, 2.24) is 0 Å². The summed E-state index contributed by atoms with van der Waals surface area (Å²) in [6.45, 7) is 0. The van der Waals surface area contributed by atoms with Gasteiger partial charge in [0, 0.05) is 17.1 Å². The minimum absolute atomic E-state index is 0. The summed E-state index contributed by atoms with van der Waals surface area (Å²) in [5.41, 5.74) is 0. The molecule has 0 heterocycles. The summed E-state index contributed by atoms with van der Waals surface area (Å²) in [5.74, 6) is 0. The summed E-state index contributed by atoms with van der Waals surface area (Å²) in [4.78, 5) is 0. The van der Waals surface area contributed by atoms with Crippen molar-refractivity contribution in [3.63, 3.8) is 0 Å². The molecule has 0 saturated heterocycles. The average Bonchev–Trinajstić information content (AvgIpc) is 1.50. The van der Waals surface area contributed by atoms with Crippen LogP contribution in [0.2, 0.25) is 0 Å². The minimum Gasteiger partial charge on any atom is -1.00 e. The number of rotatable bonds is 0. The average molecular weight is 259 g/mol. The zero-order chi connectivity index (χ0) is 4.00. The van der Waals surface area contributed by atoms with Crippen molar-refractivity contribution in [2.75, 3.05) is 0 Å². The number of hydrogen-bond donors (Lipinski definition) is 2. The van der Waals surface area contributed by atoms with E-state index in [2.05, 4.69) is 0 Å². The molecule has 0 aliphatic rings. The molecule has 0 unspecified atom stereocenters. The van der Waals surface area contributed by atoms with Crippen LogP contribution in [0.5, 0.6) is 0 Å². The fourth-order valence-corrected chi connectivity index (χ4v) is 0. The van der Waals surface area contributed by atoms with Crippen LogP contribution < -0.4 is 10.5 Å². The zero-order valence-electron chi connectivity index (χ0n) is 2.77. The van der Waals surface area contributed by atoms with Crippen molar-refractivity contribution in [2.24, 2.45) is 0 Å². The van der Waals surface area contributed by atoms with Crippen LogP contribution in [0.4, 0.5) is 0 Å². The smallest absolute Gasteiger partial charge is 1.00 e. The summed E-state index contributed by atoms with van der Waals surface area (Å²) in [6.07, 6.45) is 0. The van der Waals surface area contributed by atoms with Gasteiger partial charge >= 0.3 is 48.9 Å². The summed E-state index contributed by atoms with van der Waals surface area (Å²) >= 11 is 0. The normalized spacial score (nSPS) is 2.00. The number of hydrogen-bond acceptors (Lipinski definition) is 4. The second kappa shape index (κ2) is 65.4. The molecule has 0 aliphatic carbocycles. The molecule has 0 radical (unpaired) electrons. The van der Waals surface area contributed by atoms with E-state index in [1.54, 1.807) is 0 Å². The second-order valence-corrected chi connectivity index (χ2v) is 0. The van der Waals surface area contributed by atoms with Crippen LogP contribution >= 0.6 is 0 Å². The van der Waals surface area contributed by atoms with E-state index in [1.165, 1.54) is 0 Å². The molecule has 6 heavy (non-hydrogen) atoms. The molecule has 2 N–H and O–H groups in total. The first-order valence-corrected chi connectivity index (χ1v) is 0.367. The summed E-state index contributed by atoms with van der Waals surface area (Å²) < 4.78 is 0. The fraction of sp³-hybridized carbons (Fsp3) is 0. The second-order valence-electron chi connectivity index (χ2n) is 0. The van der Waals surface area contributed by atoms with Crippen molar-refractivity contribution in [1.29, 1.82) is 0 Å². The van der Waals surface area contributed by atoms with Gasteiger partial charge in [-0.2, -0.15) is 0 Å². The van der Waals surface area contributed by atoms with Crippen LogP contribution in [-0.2, 0) is 17.1 Å². The Hall–Kier alpha value is 1.93. The van der Waals surface area contributed by atoms with Gasteiger partial charge in [-0.1, -0.05) is 0 Å². The Morgan fingerprint density at radius 3 is 1.00 bits per heavy atom. The van der Waals surface area contributed by atoms with Crippen LogP contribution in [-0.4, -0.2) is 59.4 Å². The van der Waals surface area contributed by atoms with E-state index < -0.39 is 0 Å². The van der Waals surface area contributed by atoms with Gasteiger partial charge in [-0.25, -0.2) is 0 Å². The molecule has 0 spiro atoms. The van der Waals surface area contributed by atoms with Crippen molar-refractivity contribution < 1.29 is 38.1 Å².